The summed E-state index contributed by atoms with van der Waals surface area (Å²) in [5.74, 6) is -1.95. The number of amides is 4. The number of hydrogen-bond acceptors (Lipinski definition) is 17. The molecule has 0 radical (unpaired) electrons. The number of likely N-dealkylation sites (tertiary alicyclic amines) is 2. The van der Waals surface area contributed by atoms with Crippen LogP contribution in [0.3, 0.4) is 0 Å². The van der Waals surface area contributed by atoms with Crippen molar-refractivity contribution in [2.75, 3.05) is 46.9 Å². The van der Waals surface area contributed by atoms with Crippen LogP contribution in [0.2, 0.25) is 0 Å². The maximum atomic E-state index is 14.9. The Morgan fingerprint density at radius 1 is 0.804 bits per heavy atom. The third-order valence-electron chi connectivity index (χ3n) is 19.4. The van der Waals surface area contributed by atoms with Gasteiger partial charge in [0, 0.05) is 99.6 Å². The first-order chi connectivity index (χ1) is 46.7. The molecule has 2 aliphatic carbocycles. The molecule has 1 spiro atoms. The molecule has 10 N–H and O–H groups in total. The van der Waals surface area contributed by atoms with Gasteiger partial charge in [0.2, 0.25) is 17.7 Å². The highest BCUT2D eigenvalue weighted by Gasteiger charge is 2.65. The number of nitrogens with one attached hydrogen (secondary N) is 4. The van der Waals surface area contributed by atoms with Crippen molar-refractivity contribution in [3.8, 4) is 17.2 Å². The Kier molecular flexibility index (Phi) is 25.2. The van der Waals surface area contributed by atoms with Crippen molar-refractivity contribution < 1.29 is 66.8 Å². The van der Waals surface area contributed by atoms with Crippen LogP contribution < -0.4 is 47.4 Å². The number of methoxy groups -OCH3 is 1. The zero-order valence-corrected chi connectivity index (χ0v) is 55.7. The summed E-state index contributed by atoms with van der Waals surface area (Å²) in [7, 11) is 3.78. The number of benzene rings is 4. The first-order valence-corrected chi connectivity index (χ1v) is 33.8. The Bertz CT molecular complexity index is 3590. The van der Waals surface area contributed by atoms with Crippen molar-refractivity contribution in [1.29, 1.82) is 5.41 Å². The maximum absolute atomic E-state index is 14.9. The van der Waals surface area contributed by atoms with E-state index in [1.54, 1.807) is 60.5 Å². The number of hydrogen-bond donors (Lipinski definition) is 7. The van der Waals surface area contributed by atoms with Crippen LogP contribution in [0.25, 0.3) is 0 Å². The van der Waals surface area contributed by atoms with Crippen LogP contribution in [0.1, 0.15) is 148 Å². The number of Topliss-reactive ketones (excluding diaryl/α,β-unsaturated/α-hetero) is 3. The number of esters is 2. The first-order valence-electron chi connectivity index (χ1n) is 33.8. The molecule has 0 aromatic heterocycles. The van der Waals surface area contributed by atoms with E-state index >= 15 is 0 Å². The van der Waals surface area contributed by atoms with Crippen LogP contribution in [0, 0.1) is 23.2 Å². The third kappa shape index (κ3) is 19.0. The standard InChI is InChI=1S/C73H92N10O14/c1-45(84)19-30-63(87)81-57(18-11-35-80-71(76)77)59(86)27-23-53-41-51(31-36-83(53)72(92)96-61-29-26-56-58-42-49-22-28-60(93-3)66-65(49)73(56,67(61)97-66)32-37-82(58)2)69(90)78-33-8-7-15-50(43-64(88)94-44-47-12-5-4-6-13-47)68(89)79-34-10-17-54(85)39-46-20-24-55(25-21-46)95-70(91)52-16-9-14-48(38-52)40-62(74)75/h4-6,9,12-14,16,20-22,24-25,28-29,38,50-51,53,56-58,67H,7-8,10-11,15,17-19,23,26-27,30-37,39-44H2,1-3H3,(H3,74,75)(H,78,90)(H,79,89)(H,81,87)(H4,76,77,80)/t50-,51?,53?,56+,57-,58-,67+,73+/m1/s1. The molecule has 2 unspecified atom stereocenters. The fourth-order valence-electron chi connectivity index (χ4n) is 14.4. The predicted octanol–water partition coefficient (Wildman–Crippen LogP) is 6.77. The smallest absolute Gasteiger partial charge is 0.415 e. The number of rotatable bonds is 35. The van der Waals surface area contributed by atoms with Crippen LogP contribution in [0.15, 0.2) is 108 Å². The van der Waals surface area contributed by atoms with Crippen molar-refractivity contribution in [3.63, 3.8) is 0 Å². The number of ether oxygens (including phenoxy) is 5. The minimum atomic E-state index is -0.933. The van der Waals surface area contributed by atoms with E-state index in [2.05, 4.69) is 39.0 Å². The molecule has 8 atom stereocenters. The molecule has 5 aliphatic rings. The Morgan fingerprint density at radius 2 is 1.58 bits per heavy atom. The van der Waals surface area contributed by atoms with Crippen molar-refractivity contribution in [2.45, 2.75) is 165 Å². The van der Waals surface area contributed by atoms with Gasteiger partial charge in [-0.1, -0.05) is 67.1 Å². The lowest BCUT2D eigenvalue weighted by Crippen LogP contribution is -2.63. The van der Waals surface area contributed by atoms with E-state index in [4.69, 9.17) is 46.3 Å². The van der Waals surface area contributed by atoms with Crippen LogP contribution in [-0.2, 0) is 74.3 Å². The number of guanidine groups is 1. The topological polar surface area (TPSA) is 357 Å². The molecule has 9 rings (SSSR count). The van der Waals surface area contributed by atoms with Gasteiger partial charge in [-0.25, -0.2) is 9.59 Å². The van der Waals surface area contributed by atoms with E-state index in [-0.39, 0.29) is 150 Å². The van der Waals surface area contributed by atoms with Crippen molar-refractivity contribution in [1.82, 2.24) is 25.8 Å². The van der Waals surface area contributed by atoms with Gasteiger partial charge in [0.25, 0.3) is 0 Å². The van der Waals surface area contributed by atoms with Gasteiger partial charge in [-0.3, -0.25) is 39.2 Å². The molecule has 4 aromatic carbocycles. The largest absolute Gasteiger partial charge is 0.493 e. The van der Waals surface area contributed by atoms with Gasteiger partial charge in [0.1, 0.15) is 29.7 Å². The molecule has 2 saturated heterocycles. The number of allylic oxidation sites excluding steroid dienone is 1. The number of unbranched alkanes of at least 4 members (excludes halogenated alkanes) is 1. The fourth-order valence-corrected chi connectivity index (χ4v) is 14.4. The van der Waals surface area contributed by atoms with Gasteiger partial charge in [0.05, 0.1) is 31.0 Å². The monoisotopic (exact) mass is 1330 g/mol. The van der Waals surface area contributed by atoms with Crippen molar-refractivity contribution in [3.05, 3.63) is 136 Å². The van der Waals surface area contributed by atoms with Gasteiger partial charge in [0.15, 0.2) is 29.3 Å². The van der Waals surface area contributed by atoms with Crippen LogP contribution >= 0.6 is 0 Å². The lowest BCUT2D eigenvalue weighted by atomic mass is 9.53. The molecule has 2 bridgehead atoms. The Morgan fingerprint density at radius 3 is 2.33 bits per heavy atom. The van der Waals surface area contributed by atoms with Crippen molar-refractivity contribution in [2.24, 2.45) is 39.9 Å². The number of amidine groups is 1. The molecule has 3 heterocycles. The Balaban J connectivity index is 0.803. The quantitative estimate of drug-likeness (QED) is 0.00821. The summed E-state index contributed by atoms with van der Waals surface area (Å²) in [6.07, 6.45) is 6.05. The number of ketones is 3. The average molecular weight is 1330 g/mol. The molecule has 4 aromatic rings. The summed E-state index contributed by atoms with van der Waals surface area (Å²) in [5, 5.41) is 16.3. The fraction of sp³-hybridized carbons (Fsp3) is 0.493. The number of likely N-dealkylation sites (N-methyl/N-ethyl adjacent to an activating group) is 1. The number of nitrogens with two attached hydrogens (primary N) is 3. The summed E-state index contributed by atoms with van der Waals surface area (Å²) in [6, 6.07) is 25.3. The van der Waals surface area contributed by atoms with E-state index in [9.17, 15) is 43.2 Å². The molecule has 518 valence electrons. The maximum Gasteiger partial charge on any atom is 0.415 e. The summed E-state index contributed by atoms with van der Waals surface area (Å²) in [4.78, 5) is 129. The minimum Gasteiger partial charge on any atom is -0.493 e. The Hall–Kier alpha value is -9.45. The molecule has 0 saturated carbocycles. The highest BCUT2D eigenvalue weighted by Crippen LogP contribution is 2.64. The van der Waals surface area contributed by atoms with E-state index in [0.717, 1.165) is 30.5 Å². The summed E-state index contributed by atoms with van der Waals surface area (Å²) < 4.78 is 30.3. The molecule has 2 fully saturated rings. The Labute approximate surface area is 566 Å². The summed E-state index contributed by atoms with van der Waals surface area (Å²) >= 11 is 0. The number of aliphatic imine (C=N–C) groups is 1. The number of nitrogens with zero attached hydrogens (tertiary/aromatic N) is 3. The van der Waals surface area contributed by atoms with Gasteiger partial charge in [-0.15, -0.1) is 0 Å². The number of carbonyl (C=O) groups excluding carboxylic acids is 9. The molecule has 24 nitrogen and oxygen atoms in total. The SMILES string of the molecule is COc1ccc2c3c1O[C@H]1C(OC(=O)N4CCC(C(=O)NCCCC[C@H](CC(=O)OCc5ccccc5)C(=O)NCCCC(=O)Cc5ccc(OC(=O)c6cccc(CC(=N)N)c6)cc5)CC4CCC(=O)[C@@H](CCCN=C(N)N)NC(=O)CCC(C)=O)=CC[C@H]4[C@@H](C2)N(C)CC[C@]314. The summed E-state index contributed by atoms with van der Waals surface area (Å²) in [6.45, 7) is 3.04. The lowest BCUT2D eigenvalue weighted by molar-refractivity contribution is -0.148. The van der Waals surface area contributed by atoms with E-state index < -0.39 is 59.4 Å². The van der Waals surface area contributed by atoms with Gasteiger partial charge < -0.3 is 71.4 Å². The molecule has 24 heteroatoms. The van der Waals surface area contributed by atoms with Crippen molar-refractivity contribution >= 4 is 64.9 Å². The number of piperidine rings is 2. The minimum absolute atomic E-state index is 0.0107. The number of carbonyl (C=O) groups is 9. The second-order valence-electron chi connectivity index (χ2n) is 26.2. The summed E-state index contributed by atoms with van der Waals surface area (Å²) in [5.41, 5.74) is 21.1. The van der Waals surface area contributed by atoms with E-state index in [1.807, 2.05) is 42.5 Å². The van der Waals surface area contributed by atoms with E-state index in [1.165, 1.54) is 12.5 Å². The molecular formula is C73H92N10O14. The second-order valence-corrected chi connectivity index (χ2v) is 26.2. The van der Waals surface area contributed by atoms with Gasteiger partial charge >= 0.3 is 18.0 Å². The lowest BCUT2D eigenvalue weighted by Gasteiger charge is -2.56. The highest BCUT2D eigenvalue weighted by molar-refractivity contribution is 5.92. The molecule has 3 aliphatic heterocycles. The first kappa shape index (κ1) is 71.8. The zero-order valence-electron chi connectivity index (χ0n) is 55.7. The van der Waals surface area contributed by atoms with E-state index in [0.29, 0.717) is 84.6 Å². The normalized spacial score (nSPS) is 20.2. The van der Waals surface area contributed by atoms with Gasteiger partial charge in [-0.05, 0) is 156 Å². The average Bonchev–Trinajstić information content (AvgIpc) is 1.56. The predicted molar refractivity (Wildman–Crippen MR) is 361 cm³/mol. The molecular weight excluding hydrogens is 1240 g/mol. The van der Waals surface area contributed by atoms with Crippen LogP contribution in [0.5, 0.6) is 17.2 Å². The van der Waals surface area contributed by atoms with Crippen LogP contribution in [0.4, 0.5) is 4.79 Å². The highest BCUT2D eigenvalue weighted by atomic mass is 16.6. The third-order valence-corrected chi connectivity index (χ3v) is 19.4. The molecule has 97 heavy (non-hydrogen) atoms. The second kappa shape index (κ2) is 34.0. The van der Waals surface area contributed by atoms with Crippen LogP contribution in [-0.4, -0.2) is 146 Å². The van der Waals surface area contributed by atoms with Gasteiger partial charge in [-0.2, -0.15) is 0 Å². The molecule has 4 amide bonds. The zero-order chi connectivity index (χ0) is 69.2.